The molecule has 0 unspecified atom stereocenters. The van der Waals surface area contributed by atoms with Gasteiger partial charge in [0.15, 0.2) is 11.6 Å². The number of hydrogen-bond donors (Lipinski definition) is 1. The lowest BCUT2D eigenvalue weighted by Crippen LogP contribution is -2.36. The van der Waals surface area contributed by atoms with E-state index in [1.807, 2.05) is 37.8 Å². The summed E-state index contributed by atoms with van der Waals surface area (Å²) in [5, 5.41) is 5.49. The first-order valence-electron chi connectivity index (χ1n) is 14.4. The van der Waals surface area contributed by atoms with E-state index < -0.39 is 0 Å². The second-order valence-corrected chi connectivity index (χ2v) is 10.4. The van der Waals surface area contributed by atoms with E-state index in [0.717, 1.165) is 72.1 Å². The summed E-state index contributed by atoms with van der Waals surface area (Å²) in [6.45, 7) is 16.4. The van der Waals surface area contributed by atoms with Crippen LogP contribution in [0.1, 0.15) is 45.9 Å². The number of thiophene rings is 1. The van der Waals surface area contributed by atoms with Crippen molar-refractivity contribution in [3.05, 3.63) is 59.3 Å². The van der Waals surface area contributed by atoms with Crippen LogP contribution >= 0.6 is 11.3 Å². The second kappa shape index (κ2) is 17.7. The molecule has 1 fully saturated rings. The number of benzene rings is 1. The number of carbonyl (C=O) groups excluding carboxylic acids is 1. The molecule has 10 heteroatoms. The van der Waals surface area contributed by atoms with Crippen LogP contribution in [0.4, 0.5) is 5.82 Å². The molecule has 43 heavy (non-hydrogen) atoms. The summed E-state index contributed by atoms with van der Waals surface area (Å²) in [5.74, 6) is 4.51. The third-order valence-electron chi connectivity index (χ3n) is 6.34. The maximum Gasteiger partial charge on any atom is 0.222 e. The van der Waals surface area contributed by atoms with Gasteiger partial charge in [-0.3, -0.25) is 9.48 Å². The number of primary amides is 1. The van der Waals surface area contributed by atoms with Crippen LogP contribution < -0.4 is 10.6 Å². The van der Waals surface area contributed by atoms with Gasteiger partial charge >= 0.3 is 0 Å². The maximum atomic E-state index is 10.2. The van der Waals surface area contributed by atoms with Crippen LogP contribution in [0, 0.1) is 12.3 Å². The SMILES string of the molecule is C#C/C(=C\C)CC(N)=O.C=C(C)OC.CC.CCc1cc2nc(-c3cccc4c3cnn4C)nc(N3CCOCC3)c2s1. The van der Waals surface area contributed by atoms with Crippen LogP contribution in [-0.4, -0.2) is 59.1 Å². The molecular formula is C33H44N6O3S. The Morgan fingerprint density at radius 2 is 1.95 bits per heavy atom. The van der Waals surface area contributed by atoms with Crippen molar-refractivity contribution in [1.29, 1.82) is 0 Å². The van der Waals surface area contributed by atoms with E-state index in [2.05, 4.69) is 52.4 Å². The van der Waals surface area contributed by atoms with Crippen LogP contribution in [0.3, 0.4) is 0 Å². The molecule has 0 aliphatic carbocycles. The Morgan fingerprint density at radius 3 is 2.49 bits per heavy atom. The Bertz CT molecular complexity index is 1570. The Labute approximate surface area is 259 Å². The second-order valence-electron chi connectivity index (χ2n) is 9.26. The Morgan fingerprint density at radius 1 is 1.28 bits per heavy atom. The number of anilines is 1. The van der Waals surface area contributed by atoms with E-state index in [1.165, 1.54) is 9.58 Å². The average Bonchev–Trinajstić information content (AvgIpc) is 3.64. The van der Waals surface area contributed by atoms with Gasteiger partial charge in [0.25, 0.3) is 0 Å². The molecule has 5 rings (SSSR count). The van der Waals surface area contributed by atoms with Crippen LogP contribution in [0.2, 0.25) is 0 Å². The Kier molecular flexibility index (Phi) is 14.4. The van der Waals surface area contributed by atoms with E-state index >= 15 is 0 Å². The number of terminal acetylenes is 1. The number of amides is 1. The van der Waals surface area contributed by atoms with Crippen molar-refractivity contribution >= 4 is 44.2 Å². The number of nitrogens with two attached hydrogens (primary N) is 1. The van der Waals surface area contributed by atoms with Gasteiger partial charge in [-0.1, -0.05) is 51.5 Å². The third-order valence-corrected chi connectivity index (χ3v) is 7.61. The highest BCUT2D eigenvalue weighted by molar-refractivity contribution is 7.19. The molecule has 230 valence electrons. The number of allylic oxidation sites excluding steroid dienone is 2. The molecule has 1 aliphatic rings. The molecule has 4 aromatic rings. The van der Waals surface area contributed by atoms with Crippen molar-refractivity contribution in [2.75, 3.05) is 38.3 Å². The predicted octanol–water partition coefficient (Wildman–Crippen LogP) is 6.28. The van der Waals surface area contributed by atoms with Gasteiger partial charge in [-0.25, -0.2) is 9.97 Å². The molecule has 3 aromatic heterocycles. The van der Waals surface area contributed by atoms with Crippen molar-refractivity contribution in [2.24, 2.45) is 12.8 Å². The molecule has 1 aromatic carbocycles. The molecule has 0 bridgehead atoms. The van der Waals surface area contributed by atoms with E-state index in [0.29, 0.717) is 5.57 Å². The maximum absolute atomic E-state index is 10.2. The van der Waals surface area contributed by atoms with Gasteiger partial charge in [-0.15, -0.1) is 17.8 Å². The van der Waals surface area contributed by atoms with Crippen LogP contribution in [0.15, 0.2) is 54.4 Å². The zero-order valence-electron chi connectivity index (χ0n) is 26.4. The molecular weight excluding hydrogens is 560 g/mol. The minimum Gasteiger partial charge on any atom is -0.502 e. The van der Waals surface area contributed by atoms with Gasteiger partial charge in [0.05, 0.1) is 54.4 Å². The average molecular weight is 605 g/mol. The number of hydrogen-bond acceptors (Lipinski definition) is 8. The smallest absolute Gasteiger partial charge is 0.222 e. The minimum absolute atomic E-state index is 0.174. The Balaban J connectivity index is 0.000000338. The normalized spacial score (nSPS) is 12.6. The number of aryl methyl sites for hydroxylation is 2. The summed E-state index contributed by atoms with van der Waals surface area (Å²) >= 11 is 1.81. The van der Waals surface area contributed by atoms with Crippen LogP contribution in [0.25, 0.3) is 32.5 Å². The number of methoxy groups -OCH3 is 1. The molecule has 0 saturated carbocycles. The van der Waals surface area contributed by atoms with Gasteiger partial charge in [0.2, 0.25) is 5.91 Å². The van der Waals surface area contributed by atoms with E-state index in [9.17, 15) is 4.79 Å². The number of ether oxygens (including phenoxy) is 2. The molecule has 9 nitrogen and oxygen atoms in total. The van der Waals surface area contributed by atoms with Gasteiger partial charge in [-0.2, -0.15) is 5.10 Å². The van der Waals surface area contributed by atoms with E-state index in [-0.39, 0.29) is 12.3 Å². The first kappa shape index (κ1) is 35.0. The molecule has 1 amide bonds. The summed E-state index contributed by atoms with van der Waals surface area (Å²) in [5.41, 5.74) is 8.66. The number of carbonyl (C=O) groups is 1. The highest BCUT2D eigenvalue weighted by Gasteiger charge is 2.21. The number of fused-ring (bicyclic) bond motifs is 2. The number of rotatable bonds is 6. The summed E-state index contributed by atoms with van der Waals surface area (Å²) in [6.07, 6.45) is 9.79. The topological polar surface area (TPSA) is 108 Å². The van der Waals surface area contributed by atoms with Crippen molar-refractivity contribution < 1.29 is 14.3 Å². The molecule has 0 spiro atoms. The van der Waals surface area contributed by atoms with E-state index in [1.54, 1.807) is 38.4 Å². The quantitative estimate of drug-likeness (QED) is 0.204. The number of morpholine rings is 1. The highest BCUT2D eigenvalue weighted by Crippen LogP contribution is 2.36. The van der Waals surface area contributed by atoms with Crippen molar-refractivity contribution in [3.8, 4) is 23.7 Å². The summed E-state index contributed by atoms with van der Waals surface area (Å²) in [4.78, 5) is 23.8. The zero-order valence-corrected chi connectivity index (χ0v) is 27.3. The molecule has 2 N–H and O–H groups in total. The fourth-order valence-corrected chi connectivity index (χ4v) is 5.10. The predicted molar refractivity (Wildman–Crippen MR) is 179 cm³/mol. The van der Waals surface area contributed by atoms with Crippen molar-refractivity contribution in [3.63, 3.8) is 0 Å². The van der Waals surface area contributed by atoms with Gasteiger partial charge in [0, 0.05) is 41.5 Å². The monoisotopic (exact) mass is 604 g/mol. The minimum atomic E-state index is -0.388. The summed E-state index contributed by atoms with van der Waals surface area (Å²) < 4.78 is 13.2. The molecule has 1 saturated heterocycles. The van der Waals surface area contributed by atoms with E-state index in [4.69, 9.17) is 26.9 Å². The fourth-order valence-electron chi connectivity index (χ4n) is 4.04. The lowest BCUT2D eigenvalue weighted by Gasteiger charge is -2.28. The van der Waals surface area contributed by atoms with Crippen LogP contribution in [-0.2, 0) is 27.7 Å². The molecule has 0 atom stereocenters. The molecule has 4 heterocycles. The Hall–Kier alpha value is -4.20. The van der Waals surface area contributed by atoms with Crippen LogP contribution in [0.5, 0.6) is 0 Å². The molecule has 1 aliphatic heterocycles. The van der Waals surface area contributed by atoms with Crippen molar-refractivity contribution in [1.82, 2.24) is 19.7 Å². The lowest BCUT2D eigenvalue weighted by atomic mass is 10.1. The van der Waals surface area contributed by atoms with Gasteiger partial charge in [-0.05, 0) is 32.4 Å². The third kappa shape index (κ3) is 9.66. The molecule has 0 radical (unpaired) electrons. The van der Waals surface area contributed by atoms with Crippen molar-refractivity contribution in [2.45, 2.75) is 47.5 Å². The number of aromatic nitrogens is 4. The highest BCUT2D eigenvalue weighted by atomic mass is 32.1. The van der Waals surface area contributed by atoms with Gasteiger partial charge < -0.3 is 20.1 Å². The van der Waals surface area contributed by atoms with Gasteiger partial charge in [0.1, 0.15) is 0 Å². The zero-order chi connectivity index (χ0) is 31.9. The summed E-state index contributed by atoms with van der Waals surface area (Å²) in [6, 6.07) is 8.42. The largest absolute Gasteiger partial charge is 0.502 e. The standard InChI is InChI=1S/C20H21N5OS.C7H9NO.C4H8O.C2H6/c1-3-13-11-16-18(27-13)20(25-7-9-26-10-8-25)23-19(22-16)14-5-4-6-17-15(14)12-21-24(17)2;1-3-6(4-2)5-7(8)9;1-4(2)5-3;1-2/h4-6,11-12H,3,7-10H2,1-2H3;1,4H,5H2,2H3,(H2,8,9);1H2,2-3H3;1-2H3/b;6-4+;;. The first-order valence-corrected chi connectivity index (χ1v) is 15.2. The fraction of sp³-hybridized carbons (Fsp3) is 0.394. The first-order chi connectivity index (χ1) is 20.7. The number of nitrogens with zero attached hydrogens (tertiary/aromatic N) is 5. The lowest BCUT2D eigenvalue weighted by molar-refractivity contribution is -0.117. The summed E-state index contributed by atoms with van der Waals surface area (Å²) in [7, 11) is 3.56.